The summed E-state index contributed by atoms with van der Waals surface area (Å²) >= 11 is 0. The zero-order valence-corrected chi connectivity index (χ0v) is 7.99. The Labute approximate surface area is 78.2 Å². The van der Waals surface area contributed by atoms with Gasteiger partial charge in [0.25, 0.3) is 0 Å². The van der Waals surface area contributed by atoms with Crippen LogP contribution >= 0.6 is 0 Å². The molecular formula is C9H18O4. The Morgan fingerprint density at radius 2 is 1.62 bits per heavy atom. The lowest BCUT2D eigenvalue weighted by molar-refractivity contribution is -0.124. The van der Waals surface area contributed by atoms with Crippen molar-refractivity contribution >= 4 is 5.78 Å². The van der Waals surface area contributed by atoms with Gasteiger partial charge in [0.05, 0.1) is 19.8 Å². The van der Waals surface area contributed by atoms with Gasteiger partial charge in [-0.15, -0.1) is 0 Å². The van der Waals surface area contributed by atoms with E-state index in [1.807, 2.05) is 6.92 Å². The van der Waals surface area contributed by atoms with Gasteiger partial charge in [0.1, 0.15) is 5.78 Å². The molecule has 0 saturated heterocycles. The Morgan fingerprint density at radius 3 is 1.92 bits per heavy atom. The fourth-order valence-electron chi connectivity index (χ4n) is 1.10. The van der Waals surface area contributed by atoms with Crippen molar-refractivity contribution < 1.29 is 20.1 Å². The van der Waals surface area contributed by atoms with Crippen molar-refractivity contribution in [2.45, 2.75) is 26.2 Å². The summed E-state index contributed by atoms with van der Waals surface area (Å²) in [7, 11) is 0. The fraction of sp³-hybridized carbons (Fsp3) is 0.889. The van der Waals surface area contributed by atoms with E-state index in [-0.39, 0.29) is 32.0 Å². The summed E-state index contributed by atoms with van der Waals surface area (Å²) in [5, 5.41) is 26.8. The number of Topliss-reactive ketones (excluding diaryl/α,β-unsaturated/α-hetero) is 1. The minimum atomic E-state index is -1.04. The lowest BCUT2D eigenvalue weighted by Crippen LogP contribution is -2.36. The van der Waals surface area contributed by atoms with Crippen LogP contribution in [0.3, 0.4) is 0 Å². The van der Waals surface area contributed by atoms with Crippen LogP contribution in [-0.2, 0) is 4.79 Å². The predicted octanol–water partition coefficient (Wildman–Crippen LogP) is -0.291. The average Bonchev–Trinajstić information content (AvgIpc) is 2.15. The Morgan fingerprint density at radius 1 is 1.15 bits per heavy atom. The van der Waals surface area contributed by atoms with Gasteiger partial charge in [0, 0.05) is 18.3 Å². The quantitative estimate of drug-likeness (QED) is 0.515. The molecule has 4 nitrogen and oxygen atoms in total. The van der Waals surface area contributed by atoms with Crippen LogP contribution in [0.4, 0.5) is 0 Å². The number of rotatable bonds is 7. The van der Waals surface area contributed by atoms with Crippen molar-refractivity contribution in [1.82, 2.24) is 0 Å². The zero-order chi connectivity index (χ0) is 10.3. The molecule has 0 spiro atoms. The van der Waals surface area contributed by atoms with Gasteiger partial charge < -0.3 is 15.3 Å². The molecule has 0 radical (unpaired) electrons. The summed E-state index contributed by atoms with van der Waals surface area (Å²) in [6.45, 7) is 0.788. The van der Waals surface area contributed by atoms with Crippen molar-refractivity contribution in [2.24, 2.45) is 5.41 Å². The normalized spacial score (nSPS) is 11.7. The number of carbonyl (C=O) groups excluding carboxylic acids is 1. The van der Waals surface area contributed by atoms with Crippen LogP contribution in [0.25, 0.3) is 0 Å². The van der Waals surface area contributed by atoms with Crippen LogP contribution in [0.2, 0.25) is 0 Å². The summed E-state index contributed by atoms with van der Waals surface area (Å²) < 4.78 is 0. The number of aliphatic hydroxyl groups is 3. The molecule has 0 aromatic heterocycles. The minimum Gasteiger partial charge on any atom is -0.396 e. The number of hydrogen-bond donors (Lipinski definition) is 3. The maximum absolute atomic E-state index is 11.2. The molecule has 78 valence electrons. The van der Waals surface area contributed by atoms with Gasteiger partial charge in [-0.1, -0.05) is 6.92 Å². The molecule has 0 rings (SSSR count). The van der Waals surface area contributed by atoms with Gasteiger partial charge in [0.2, 0.25) is 0 Å². The molecule has 0 saturated carbocycles. The minimum absolute atomic E-state index is 0.0281. The van der Waals surface area contributed by atoms with Crippen LogP contribution in [0, 0.1) is 5.41 Å². The van der Waals surface area contributed by atoms with Gasteiger partial charge in [-0.3, -0.25) is 4.79 Å². The molecule has 0 aliphatic heterocycles. The number of hydrogen-bond acceptors (Lipinski definition) is 4. The zero-order valence-electron chi connectivity index (χ0n) is 7.99. The number of carbonyl (C=O) groups is 1. The highest BCUT2D eigenvalue weighted by Gasteiger charge is 2.30. The molecular weight excluding hydrogens is 172 g/mol. The van der Waals surface area contributed by atoms with E-state index in [1.165, 1.54) is 0 Å². The second-order valence-corrected chi connectivity index (χ2v) is 3.44. The van der Waals surface area contributed by atoms with Crippen molar-refractivity contribution in [2.75, 3.05) is 19.8 Å². The smallest absolute Gasteiger partial charge is 0.133 e. The number of ketones is 1. The molecule has 0 aromatic carbocycles. The fourth-order valence-corrected chi connectivity index (χ4v) is 1.10. The lowest BCUT2D eigenvalue weighted by atomic mass is 9.84. The molecule has 0 unspecified atom stereocenters. The van der Waals surface area contributed by atoms with E-state index in [0.717, 1.165) is 6.42 Å². The van der Waals surface area contributed by atoms with E-state index in [0.29, 0.717) is 6.42 Å². The first-order valence-electron chi connectivity index (χ1n) is 4.48. The Kier molecular flexibility index (Phi) is 5.86. The van der Waals surface area contributed by atoms with Crippen molar-refractivity contribution in [3.8, 4) is 0 Å². The Bertz CT molecular complexity index is 143. The summed E-state index contributed by atoms with van der Waals surface area (Å²) in [6, 6.07) is 0. The number of aliphatic hydroxyl groups excluding tert-OH is 3. The van der Waals surface area contributed by atoms with Crippen LogP contribution in [-0.4, -0.2) is 40.9 Å². The molecule has 0 bridgehead atoms. The van der Waals surface area contributed by atoms with E-state index in [9.17, 15) is 4.79 Å². The van der Waals surface area contributed by atoms with Gasteiger partial charge in [0.15, 0.2) is 0 Å². The second kappa shape index (κ2) is 6.07. The monoisotopic (exact) mass is 190 g/mol. The highest BCUT2D eigenvalue weighted by atomic mass is 16.3. The van der Waals surface area contributed by atoms with Crippen LogP contribution in [0.1, 0.15) is 26.2 Å². The summed E-state index contributed by atoms with van der Waals surface area (Å²) in [5.41, 5.74) is -1.04. The summed E-state index contributed by atoms with van der Waals surface area (Å²) in [6.07, 6.45) is 1.23. The standard InChI is InChI=1S/C9H18O4/c1-2-3-8(13)4-9(5-10,6-11)7-12/h10-12H,2-7H2,1H3. The van der Waals surface area contributed by atoms with Crippen molar-refractivity contribution in [3.63, 3.8) is 0 Å². The predicted molar refractivity (Wildman–Crippen MR) is 48.2 cm³/mol. The summed E-state index contributed by atoms with van der Waals surface area (Å²) in [4.78, 5) is 11.2. The lowest BCUT2D eigenvalue weighted by Gasteiger charge is -2.26. The maximum atomic E-state index is 11.2. The van der Waals surface area contributed by atoms with Gasteiger partial charge in [-0.25, -0.2) is 0 Å². The second-order valence-electron chi connectivity index (χ2n) is 3.44. The average molecular weight is 190 g/mol. The molecule has 0 atom stereocenters. The van der Waals surface area contributed by atoms with E-state index >= 15 is 0 Å². The Hall–Kier alpha value is -0.450. The largest absolute Gasteiger partial charge is 0.396 e. The molecule has 13 heavy (non-hydrogen) atoms. The van der Waals surface area contributed by atoms with Gasteiger partial charge in [-0.2, -0.15) is 0 Å². The molecule has 3 N–H and O–H groups in total. The summed E-state index contributed by atoms with van der Waals surface area (Å²) in [5.74, 6) is -0.0281. The molecule has 0 aliphatic carbocycles. The van der Waals surface area contributed by atoms with E-state index in [1.54, 1.807) is 0 Å². The SMILES string of the molecule is CCCC(=O)CC(CO)(CO)CO. The first-order valence-corrected chi connectivity index (χ1v) is 4.48. The van der Waals surface area contributed by atoms with Crippen molar-refractivity contribution in [3.05, 3.63) is 0 Å². The molecule has 0 aliphatic rings. The topological polar surface area (TPSA) is 77.8 Å². The van der Waals surface area contributed by atoms with Gasteiger partial charge in [-0.05, 0) is 6.42 Å². The van der Waals surface area contributed by atoms with Crippen molar-refractivity contribution in [1.29, 1.82) is 0 Å². The highest BCUT2D eigenvalue weighted by Crippen LogP contribution is 2.21. The van der Waals surface area contributed by atoms with Gasteiger partial charge >= 0.3 is 0 Å². The highest BCUT2D eigenvalue weighted by molar-refractivity contribution is 5.79. The van der Waals surface area contributed by atoms with Crippen LogP contribution < -0.4 is 0 Å². The maximum Gasteiger partial charge on any atom is 0.133 e. The molecule has 0 amide bonds. The van der Waals surface area contributed by atoms with Crippen LogP contribution in [0.15, 0.2) is 0 Å². The first-order chi connectivity index (χ1) is 6.14. The molecule has 0 aromatic rings. The van der Waals surface area contributed by atoms with E-state index < -0.39 is 5.41 Å². The first kappa shape index (κ1) is 12.6. The third-order valence-electron chi connectivity index (χ3n) is 2.11. The molecule has 0 fully saturated rings. The molecule has 0 heterocycles. The van der Waals surface area contributed by atoms with E-state index in [2.05, 4.69) is 0 Å². The Balaban J connectivity index is 4.16. The molecule has 4 heteroatoms. The van der Waals surface area contributed by atoms with E-state index in [4.69, 9.17) is 15.3 Å². The third-order valence-corrected chi connectivity index (χ3v) is 2.11. The van der Waals surface area contributed by atoms with Crippen LogP contribution in [0.5, 0.6) is 0 Å². The third kappa shape index (κ3) is 3.85.